The summed E-state index contributed by atoms with van der Waals surface area (Å²) in [5.74, 6) is 0. The van der Waals surface area contributed by atoms with Crippen LogP contribution in [0.3, 0.4) is 0 Å². The third-order valence-electron chi connectivity index (χ3n) is 2.65. The number of aromatic nitrogens is 2. The highest BCUT2D eigenvalue weighted by molar-refractivity contribution is 5.39. The highest BCUT2D eigenvalue weighted by atomic mass is 16.5. The maximum Gasteiger partial charge on any atom is 0.0822 e. The molecule has 1 aromatic rings. The first-order chi connectivity index (χ1) is 6.75. The van der Waals surface area contributed by atoms with Gasteiger partial charge in [-0.25, -0.2) is 0 Å². The van der Waals surface area contributed by atoms with Gasteiger partial charge >= 0.3 is 0 Å². The molecule has 1 atom stereocenters. The molecular formula is C10H17N3O. The molecule has 0 amide bonds. The Morgan fingerprint density at radius 3 is 3.07 bits per heavy atom. The topological polar surface area (TPSA) is 53.1 Å². The van der Waals surface area contributed by atoms with Crippen LogP contribution in [0.2, 0.25) is 0 Å². The van der Waals surface area contributed by atoms with Crippen molar-refractivity contribution in [1.29, 1.82) is 0 Å². The van der Waals surface area contributed by atoms with Gasteiger partial charge in [-0.05, 0) is 26.2 Å². The summed E-state index contributed by atoms with van der Waals surface area (Å²) in [6.45, 7) is 3.64. The summed E-state index contributed by atoms with van der Waals surface area (Å²) in [5, 5.41) is 4.32. The van der Waals surface area contributed by atoms with Gasteiger partial charge in [0.25, 0.3) is 0 Å². The van der Waals surface area contributed by atoms with Crippen molar-refractivity contribution in [3.8, 4) is 0 Å². The van der Waals surface area contributed by atoms with Gasteiger partial charge in [-0.2, -0.15) is 5.10 Å². The molecule has 2 N–H and O–H groups in total. The molecule has 0 bridgehead atoms. The Morgan fingerprint density at radius 1 is 1.64 bits per heavy atom. The quantitative estimate of drug-likeness (QED) is 0.774. The Morgan fingerprint density at radius 2 is 2.50 bits per heavy atom. The second-order valence-electron chi connectivity index (χ2n) is 3.88. The minimum atomic E-state index is 0.322. The van der Waals surface area contributed by atoms with Gasteiger partial charge in [0.1, 0.15) is 0 Å². The van der Waals surface area contributed by atoms with Gasteiger partial charge < -0.3 is 10.5 Å². The van der Waals surface area contributed by atoms with Crippen LogP contribution in [0.1, 0.15) is 25.0 Å². The van der Waals surface area contributed by atoms with E-state index in [2.05, 4.69) is 5.10 Å². The van der Waals surface area contributed by atoms with E-state index in [0.717, 1.165) is 31.0 Å². The standard InChI is InChI=1S/C10H17N3O/c1-8-10(11)7-13(12-8)6-9-4-2-3-5-14-9/h7,9H,2-6,11H2,1H3. The van der Waals surface area contributed by atoms with E-state index < -0.39 is 0 Å². The Bertz CT molecular complexity index is 283. The minimum absolute atomic E-state index is 0.322. The van der Waals surface area contributed by atoms with Crippen LogP contribution in [0.5, 0.6) is 0 Å². The minimum Gasteiger partial charge on any atom is -0.396 e. The van der Waals surface area contributed by atoms with Crippen molar-refractivity contribution in [3.63, 3.8) is 0 Å². The van der Waals surface area contributed by atoms with Crippen molar-refractivity contribution in [3.05, 3.63) is 11.9 Å². The number of rotatable bonds is 2. The molecule has 1 saturated heterocycles. The van der Waals surface area contributed by atoms with Crippen molar-refractivity contribution in [1.82, 2.24) is 9.78 Å². The van der Waals surface area contributed by atoms with Crippen molar-refractivity contribution in [2.45, 2.75) is 38.8 Å². The smallest absolute Gasteiger partial charge is 0.0822 e. The Kier molecular flexibility index (Phi) is 2.72. The molecule has 14 heavy (non-hydrogen) atoms. The number of nitrogens with zero attached hydrogens (tertiary/aromatic N) is 2. The summed E-state index contributed by atoms with van der Waals surface area (Å²) in [4.78, 5) is 0. The summed E-state index contributed by atoms with van der Waals surface area (Å²) < 4.78 is 7.52. The fourth-order valence-electron chi connectivity index (χ4n) is 1.79. The summed E-state index contributed by atoms with van der Waals surface area (Å²) >= 11 is 0. The van der Waals surface area contributed by atoms with Crippen molar-refractivity contribution >= 4 is 5.69 Å². The van der Waals surface area contributed by atoms with Gasteiger partial charge in [0.05, 0.1) is 24.0 Å². The van der Waals surface area contributed by atoms with Crippen LogP contribution in [0.4, 0.5) is 5.69 Å². The maximum atomic E-state index is 5.72. The predicted octanol–water partition coefficient (Wildman–Crippen LogP) is 1.34. The lowest BCUT2D eigenvalue weighted by molar-refractivity contribution is 0.00397. The number of hydrogen-bond donors (Lipinski definition) is 1. The van der Waals surface area contributed by atoms with Crippen LogP contribution in [0.25, 0.3) is 0 Å². The average molecular weight is 195 g/mol. The fourth-order valence-corrected chi connectivity index (χ4v) is 1.79. The van der Waals surface area contributed by atoms with Crippen LogP contribution >= 0.6 is 0 Å². The predicted molar refractivity (Wildman–Crippen MR) is 55.0 cm³/mol. The normalized spacial score (nSPS) is 22.5. The van der Waals surface area contributed by atoms with Crippen molar-refractivity contribution < 1.29 is 4.74 Å². The molecule has 2 rings (SSSR count). The number of nitrogens with two attached hydrogens (primary N) is 1. The summed E-state index contributed by atoms with van der Waals surface area (Å²) in [6.07, 6.45) is 5.80. The zero-order valence-electron chi connectivity index (χ0n) is 8.57. The zero-order valence-corrected chi connectivity index (χ0v) is 8.57. The summed E-state index contributed by atoms with van der Waals surface area (Å²) in [7, 11) is 0. The highest BCUT2D eigenvalue weighted by Gasteiger charge is 2.15. The van der Waals surface area contributed by atoms with E-state index >= 15 is 0 Å². The number of aryl methyl sites for hydroxylation is 1. The summed E-state index contributed by atoms with van der Waals surface area (Å²) in [5.41, 5.74) is 7.39. The van der Waals surface area contributed by atoms with Gasteiger partial charge in [0.15, 0.2) is 0 Å². The monoisotopic (exact) mass is 195 g/mol. The SMILES string of the molecule is Cc1nn(CC2CCCCO2)cc1N. The lowest BCUT2D eigenvalue weighted by Gasteiger charge is -2.22. The van der Waals surface area contributed by atoms with E-state index in [9.17, 15) is 0 Å². The Hall–Kier alpha value is -1.03. The van der Waals surface area contributed by atoms with Crippen molar-refractivity contribution in [2.75, 3.05) is 12.3 Å². The van der Waals surface area contributed by atoms with E-state index in [1.807, 2.05) is 17.8 Å². The maximum absolute atomic E-state index is 5.72. The largest absolute Gasteiger partial charge is 0.396 e. The molecule has 0 saturated carbocycles. The van der Waals surface area contributed by atoms with E-state index in [1.165, 1.54) is 12.8 Å². The van der Waals surface area contributed by atoms with Crippen LogP contribution in [-0.2, 0) is 11.3 Å². The third-order valence-corrected chi connectivity index (χ3v) is 2.65. The molecule has 0 aliphatic carbocycles. The first-order valence-electron chi connectivity index (χ1n) is 5.17. The molecule has 1 fully saturated rings. The zero-order chi connectivity index (χ0) is 9.97. The molecule has 2 heterocycles. The number of nitrogen functional groups attached to an aromatic ring is 1. The van der Waals surface area contributed by atoms with Crippen molar-refractivity contribution in [2.24, 2.45) is 0 Å². The fraction of sp³-hybridized carbons (Fsp3) is 0.700. The third kappa shape index (κ3) is 2.07. The molecule has 0 aromatic carbocycles. The van der Waals surface area contributed by atoms with E-state index in [0.29, 0.717) is 6.10 Å². The van der Waals surface area contributed by atoms with Crippen LogP contribution in [0, 0.1) is 6.92 Å². The Balaban J connectivity index is 1.95. The van der Waals surface area contributed by atoms with Gasteiger partial charge in [-0.15, -0.1) is 0 Å². The molecule has 1 aromatic heterocycles. The molecule has 4 heteroatoms. The second kappa shape index (κ2) is 4.00. The molecular weight excluding hydrogens is 178 g/mol. The first-order valence-corrected chi connectivity index (χ1v) is 5.17. The lowest BCUT2D eigenvalue weighted by Crippen LogP contribution is -2.24. The summed E-state index contributed by atoms with van der Waals surface area (Å²) in [6, 6.07) is 0. The Labute approximate surface area is 84.0 Å². The number of hydrogen-bond acceptors (Lipinski definition) is 3. The number of ether oxygens (including phenoxy) is 1. The van der Waals surface area contributed by atoms with E-state index in [-0.39, 0.29) is 0 Å². The van der Waals surface area contributed by atoms with Gasteiger partial charge in [0.2, 0.25) is 0 Å². The van der Waals surface area contributed by atoms with Crippen LogP contribution in [0.15, 0.2) is 6.20 Å². The second-order valence-corrected chi connectivity index (χ2v) is 3.88. The number of anilines is 1. The van der Waals surface area contributed by atoms with Crippen LogP contribution in [-0.4, -0.2) is 22.5 Å². The molecule has 1 aliphatic rings. The van der Waals surface area contributed by atoms with E-state index in [1.54, 1.807) is 0 Å². The molecule has 0 radical (unpaired) electrons. The molecule has 0 spiro atoms. The first kappa shape index (κ1) is 9.52. The van der Waals surface area contributed by atoms with Crippen LogP contribution < -0.4 is 5.73 Å². The average Bonchev–Trinajstić information content (AvgIpc) is 2.47. The van der Waals surface area contributed by atoms with Gasteiger partial charge in [0, 0.05) is 12.8 Å². The molecule has 78 valence electrons. The van der Waals surface area contributed by atoms with Gasteiger partial charge in [-0.3, -0.25) is 4.68 Å². The van der Waals surface area contributed by atoms with E-state index in [4.69, 9.17) is 10.5 Å². The molecule has 1 unspecified atom stereocenters. The molecule has 4 nitrogen and oxygen atoms in total. The molecule has 1 aliphatic heterocycles. The highest BCUT2D eigenvalue weighted by Crippen LogP contribution is 2.15. The van der Waals surface area contributed by atoms with Gasteiger partial charge in [-0.1, -0.05) is 0 Å². The lowest BCUT2D eigenvalue weighted by atomic mass is 10.1.